The summed E-state index contributed by atoms with van der Waals surface area (Å²) in [4.78, 5) is 23.8. The van der Waals surface area contributed by atoms with Gasteiger partial charge in [-0.1, -0.05) is 6.92 Å². The Morgan fingerprint density at radius 1 is 1.26 bits per heavy atom. The van der Waals surface area contributed by atoms with Crippen molar-refractivity contribution < 1.29 is 18.4 Å². The topological polar surface area (TPSA) is 58.2 Å². The molecule has 1 fully saturated rings. The summed E-state index contributed by atoms with van der Waals surface area (Å²) >= 11 is 0. The Kier molecular flexibility index (Phi) is 7.58. The summed E-state index contributed by atoms with van der Waals surface area (Å²) in [7, 11) is 0. The number of piperidine rings is 1. The van der Waals surface area contributed by atoms with Crippen LogP contribution in [0.2, 0.25) is 0 Å². The van der Waals surface area contributed by atoms with Gasteiger partial charge in [0.25, 0.3) is 0 Å². The summed E-state index contributed by atoms with van der Waals surface area (Å²) in [6.07, 6.45) is 0.898. The molecule has 4 nitrogen and oxygen atoms in total. The molecule has 1 amide bonds. The average molecular weight is 347 g/mol. The Hall–Kier alpha value is -1.53. The van der Waals surface area contributed by atoms with E-state index in [0.29, 0.717) is 5.92 Å². The second-order valence-corrected chi connectivity index (χ2v) is 5.70. The van der Waals surface area contributed by atoms with E-state index in [0.717, 1.165) is 31.6 Å². The number of amides is 1. The van der Waals surface area contributed by atoms with Crippen molar-refractivity contribution in [2.75, 3.05) is 13.1 Å². The van der Waals surface area contributed by atoms with Crippen molar-refractivity contribution in [3.63, 3.8) is 0 Å². The first kappa shape index (κ1) is 19.5. The lowest BCUT2D eigenvalue weighted by atomic mass is 9.95. The summed E-state index contributed by atoms with van der Waals surface area (Å²) in [5, 5.41) is 6.18. The third-order valence-corrected chi connectivity index (χ3v) is 3.95. The van der Waals surface area contributed by atoms with Crippen molar-refractivity contribution in [2.45, 2.75) is 32.2 Å². The minimum absolute atomic E-state index is 0. The van der Waals surface area contributed by atoms with Crippen LogP contribution in [-0.4, -0.2) is 30.8 Å². The highest BCUT2D eigenvalue weighted by atomic mass is 35.5. The fourth-order valence-electron chi connectivity index (χ4n) is 2.55. The molecule has 1 saturated heterocycles. The van der Waals surface area contributed by atoms with Crippen molar-refractivity contribution in [3.8, 4) is 0 Å². The molecule has 2 rings (SSSR count). The molecule has 0 aliphatic carbocycles. The van der Waals surface area contributed by atoms with Crippen LogP contribution in [0.5, 0.6) is 0 Å². The smallest absolute Gasteiger partial charge is 0.220 e. The van der Waals surface area contributed by atoms with Gasteiger partial charge in [0.15, 0.2) is 17.4 Å². The molecular formula is C16H21ClF2N2O2. The van der Waals surface area contributed by atoms with Crippen LogP contribution in [-0.2, 0) is 4.79 Å². The first-order chi connectivity index (χ1) is 10.5. The quantitative estimate of drug-likeness (QED) is 0.805. The van der Waals surface area contributed by atoms with E-state index < -0.39 is 11.6 Å². The van der Waals surface area contributed by atoms with Crippen molar-refractivity contribution >= 4 is 24.1 Å². The molecule has 1 heterocycles. The third kappa shape index (κ3) is 5.55. The van der Waals surface area contributed by atoms with Gasteiger partial charge in [0.1, 0.15) is 0 Å². The van der Waals surface area contributed by atoms with Gasteiger partial charge >= 0.3 is 0 Å². The number of carbonyl (C=O) groups excluding carboxylic acids is 2. The lowest BCUT2D eigenvalue weighted by molar-refractivity contribution is -0.122. The molecule has 2 unspecified atom stereocenters. The molecule has 1 aliphatic heterocycles. The van der Waals surface area contributed by atoms with Gasteiger partial charge in [-0.2, -0.15) is 0 Å². The lowest BCUT2D eigenvalue weighted by Gasteiger charge is -2.30. The van der Waals surface area contributed by atoms with Crippen LogP contribution >= 0.6 is 12.4 Å². The van der Waals surface area contributed by atoms with Crippen LogP contribution in [0.4, 0.5) is 8.78 Å². The maximum atomic E-state index is 13.1. The average Bonchev–Trinajstić information content (AvgIpc) is 2.50. The van der Waals surface area contributed by atoms with Gasteiger partial charge in [0, 0.05) is 24.4 Å². The maximum Gasteiger partial charge on any atom is 0.220 e. The zero-order valence-electron chi connectivity index (χ0n) is 12.9. The third-order valence-electron chi connectivity index (χ3n) is 3.95. The lowest BCUT2D eigenvalue weighted by Crippen LogP contribution is -2.48. The van der Waals surface area contributed by atoms with Crippen LogP contribution in [0.3, 0.4) is 0 Å². The number of benzene rings is 1. The summed E-state index contributed by atoms with van der Waals surface area (Å²) in [6, 6.07) is 3.13. The van der Waals surface area contributed by atoms with Crippen LogP contribution in [0.25, 0.3) is 0 Å². The van der Waals surface area contributed by atoms with Crippen LogP contribution in [0, 0.1) is 17.6 Å². The van der Waals surface area contributed by atoms with E-state index >= 15 is 0 Å². The molecular weight excluding hydrogens is 326 g/mol. The van der Waals surface area contributed by atoms with Gasteiger partial charge in [0.05, 0.1) is 0 Å². The zero-order valence-corrected chi connectivity index (χ0v) is 13.7. The monoisotopic (exact) mass is 346 g/mol. The number of hydrogen-bond donors (Lipinski definition) is 2. The second kappa shape index (κ2) is 8.93. The van der Waals surface area contributed by atoms with Crippen LogP contribution in [0.15, 0.2) is 18.2 Å². The predicted molar refractivity (Wildman–Crippen MR) is 85.8 cm³/mol. The molecule has 0 radical (unpaired) electrons. The molecule has 1 aliphatic rings. The summed E-state index contributed by atoms with van der Waals surface area (Å²) < 4.78 is 25.9. The van der Waals surface area contributed by atoms with Crippen molar-refractivity contribution in [3.05, 3.63) is 35.4 Å². The van der Waals surface area contributed by atoms with Crippen molar-refractivity contribution in [1.82, 2.24) is 10.6 Å². The van der Waals surface area contributed by atoms with E-state index in [-0.39, 0.29) is 48.5 Å². The fraction of sp³-hybridized carbons (Fsp3) is 0.500. The molecule has 128 valence electrons. The Bertz CT molecular complexity index is 569. The Morgan fingerprint density at radius 3 is 2.65 bits per heavy atom. The molecule has 0 aromatic heterocycles. The van der Waals surface area contributed by atoms with Gasteiger partial charge in [-0.3, -0.25) is 9.59 Å². The van der Waals surface area contributed by atoms with Crippen LogP contribution in [0.1, 0.15) is 36.5 Å². The molecule has 0 spiro atoms. The number of ketones is 1. The minimum Gasteiger partial charge on any atom is -0.353 e. The highest BCUT2D eigenvalue weighted by Gasteiger charge is 2.22. The Morgan fingerprint density at radius 2 is 2.00 bits per heavy atom. The Balaban J connectivity index is 0.00000264. The van der Waals surface area contributed by atoms with Crippen molar-refractivity contribution in [1.29, 1.82) is 0 Å². The number of carbonyl (C=O) groups is 2. The molecule has 2 atom stereocenters. The first-order valence-electron chi connectivity index (χ1n) is 7.45. The van der Waals surface area contributed by atoms with Gasteiger partial charge in [-0.15, -0.1) is 12.4 Å². The minimum atomic E-state index is -1.06. The summed E-state index contributed by atoms with van der Waals surface area (Å²) in [5.41, 5.74) is 0.0851. The highest BCUT2D eigenvalue weighted by Crippen LogP contribution is 2.13. The van der Waals surface area contributed by atoms with Gasteiger partial charge in [0.2, 0.25) is 5.91 Å². The molecule has 0 saturated carbocycles. The standard InChI is InChI=1S/C16H20F2N2O2.ClH/c1-10-9-19-7-6-14(10)20-16(22)5-4-15(21)11-2-3-12(17)13(18)8-11;/h2-3,8,10,14,19H,4-7,9H2,1H3,(H,20,22);1H. The van der Waals surface area contributed by atoms with E-state index in [1.165, 1.54) is 6.07 Å². The van der Waals surface area contributed by atoms with E-state index in [1.807, 2.05) is 0 Å². The largest absolute Gasteiger partial charge is 0.353 e. The molecule has 7 heteroatoms. The number of hydrogen-bond acceptors (Lipinski definition) is 3. The van der Waals surface area contributed by atoms with Crippen molar-refractivity contribution in [2.24, 2.45) is 5.92 Å². The van der Waals surface area contributed by atoms with E-state index in [2.05, 4.69) is 17.6 Å². The van der Waals surface area contributed by atoms with Crippen LogP contribution < -0.4 is 10.6 Å². The fourth-order valence-corrected chi connectivity index (χ4v) is 2.55. The zero-order chi connectivity index (χ0) is 16.1. The second-order valence-electron chi connectivity index (χ2n) is 5.70. The molecule has 23 heavy (non-hydrogen) atoms. The number of nitrogens with one attached hydrogen (secondary N) is 2. The maximum absolute atomic E-state index is 13.1. The number of Topliss-reactive ketones (excluding diaryl/α,β-unsaturated/α-hetero) is 1. The van der Waals surface area contributed by atoms with Gasteiger partial charge < -0.3 is 10.6 Å². The first-order valence-corrected chi connectivity index (χ1v) is 7.45. The normalized spacial score (nSPS) is 20.5. The van der Waals surface area contributed by atoms with E-state index in [4.69, 9.17) is 0 Å². The van der Waals surface area contributed by atoms with E-state index in [1.54, 1.807) is 0 Å². The highest BCUT2D eigenvalue weighted by molar-refractivity contribution is 5.97. The molecule has 1 aromatic carbocycles. The predicted octanol–water partition coefficient (Wildman–Crippen LogP) is 2.46. The SMILES string of the molecule is CC1CNCCC1NC(=O)CCC(=O)c1ccc(F)c(F)c1.Cl. The number of halogens is 3. The molecule has 2 N–H and O–H groups in total. The van der Waals surface area contributed by atoms with E-state index in [9.17, 15) is 18.4 Å². The van der Waals surface area contributed by atoms with Gasteiger partial charge in [-0.25, -0.2) is 8.78 Å². The molecule has 0 bridgehead atoms. The number of rotatable bonds is 5. The molecule has 1 aromatic rings. The summed E-state index contributed by atoms with van der Waals surface area (Å²) in [6.45, 7) is 3.78. The van der Waals surface area contributed by atoms with Gasteiger partial charge in [-0.05, 0) is 43.6 Å². The summed E-state index contributed by atoms with van der Waals surface area (Å²) in [5.74, 6) is -2.25. The Labute approximate surface area is 140 Å².